The van der Waals surface area contributed by atoms with Crippen LogP contribution < -0.4 is 11.0 Å². The summed E-state index contributed by atoms with van der Waals surface area (Å²) < 4.78 is 1.31. The number of carbonyl (C=O) groups excluding carboxylic acids is 1. The van der Waals surface area contributed by atoms with E-state index in [1.807, 2.05) is 30.3 Å². The van der Waals surface area contributed by atoms with Crippen LogP contribution in [0.1, 0.15) is 10.4 Å². The summed E-state index contributed by atoms with van der Waals surface area (Å²) in [5.74, 6) is 0.576. The van der Waals surface area contributed by atoms with E-state index in [0.29, 0.717) is 17.8 Å². The number of nitrogens with zero attached hydrogens (tertiary/aromatic N) is 2. The van der Waals surface area contributed by atoms with Gasteiger partial charge in [-0.2, -0.15) is 5.10 Å². The largest absolute Gasteiger partial charge is 0.351 e. The van der Waals surface area contributed by atoms with E-state index < -0.39 is 0 Å². The highest BCUT2D eigenvalue weighted by Crippen LogP contribution is 2.15. The molecule has 7 heteroatoms. The number of hydrogen-bond acceptors (Lipinski definition) is 4. The number of fused-ring (bicyclic) bond motifs is 1. The van der Waals surface area contributed by atoms with E-state index in [9.17, 15) is 9.59 Å². The highest BCUT2D eigenvalue weighted by Gasteiger charge is 2.08. The Morgan fingerprint density at radius 2 is 2.05 bits per heavy atom. The molecule has 0 atom stereocenters. The van der Waals surface area contributed by atoms with Gasteiger partial charge in [-0.05, 0) is 24.3 Å². The third kappa shape index (κ3) is 3.20. The van der Waals surface area contributed by atoms with Crippen molar-refractivity contribution in [1.82, 2.24) is 19.9 Å². The van der Waals surface area contributed by atoms with Gasteiger partial charge in [-0.25, -0.2) is 14.3 Å². The second-order valence-electron chi connectivity index (χ2n) is 4.59. The van der Waals surface area contributed by atoms with Gasteiger partial charge in [-0.3, -0.25) is 4.79 Å². The lowest BCUT2D eigenvalue weighted by molar-refractivity contribution is 0.0955. The van der Waals surface area contributed by atoms with Gasteiger partial charge < -0.3 is 5.32 Å². The summed E-state index contributed by atoms with van der Waals surface area (Å²) in [6, 6.07) is 13.3. The molecule has 0 bridgehead atoms. The van der Waals surface area contributed by atoms with E-state index in [1.165, 1.54) is 15.5 Å². The molecule has 0 unspecified atom stereocenters. The van der Waals surface area contributed by atoms with Crippen LogP contribution in [0.4, 0.5) is 0 Å². The first-order valence-electron chi connectivity index (χ1n) is 6.77. The molecule has 0 radical (unpaired) electrons. The Hall–Kier alpha value is -2.54. The number of thioether (sulfide) groups is 1. The van der Waals surface area contributed by atoms with E-state index in [0.717, 1.165) is 5.75 Å². The Labute approximate surface area is 130 Å². The highest BCUT2D eigenvalue weighted by molar-refractivity contribution is 7.99. The fourth-order valence-electron chi connectivity index (χ4n) is 1.99. The molecule has 0 spiro atoms. The van der Waals surface area contributed by atoms with Crippen molar-refractivity contribution in [2.24, 2.45) is 0 Å². The van der Waals surface area contributed by atoms with Gasteiger partial charge >= 0.3 is 5.69 Å². The summed E-state index contributed by atoms with van der Waals surface area (Å²) in [6.07, 6.45) is 1.49. The van der Waals surface area contributed by atoms with Crippen molar-refractivity contribution in [1.29, 1.82) is 0 Å². The summed E-state index contributed by atoms with van der Waals surface area (Å²) >= 11 is 1.68. The molecule has 0 aliphatic rings. The molecule has 22 heavy (non-hydrogen) atoms. The van der Waals surface area contributed by atoms with Gasteiger partial charge in [0.25, 0.3) is 5.91 Å². The maximum atomic E-state index is 12.1. The number of amides is 1. The first kappa shape index (κ1) is 14.4. The van der Waals surface area contributed by atoms with E-state index >= 15 is 0 Å². The van der Waals surface area contributed by atoms with Crippen LogP contribution in [0.2, 0.25) is 0 Å². The molecule has 2 heterocycles. The molecule has 3 rings (SSSR count). The zero-order valence-corrected chi connectivity index (χ0v) is 12.5. The summed E-state index contributed by atoms with van der Waals surface area (Å²) in [6.45, 7) is 0.552. The molecule has 0 saturated heterocycles. The fraction of sp³-hybridized carbons (Fsp3) is 0.133. The maximum Gasteiger partial charge on any atom is 0.347 e. The molecule has 1 aromatic carbocycles. The smallest absolute Gasteiger partial charge is 0.347 e. The molecule has 0 aliphatic carbocycles. The van der Waals surface area contributed by atoms with Crippen LogP contribution in [0.25, 0.3) is 5.65 Å². The van der Waals surface area contributed by atoms with E-state index in [2.05, 4.69) is 15.5 Å². The number of nitrogens with one attached hydrogen (secondary N) is 2. The second kappa shape index (κ2) is 6.48. The van der Waals surface area contributed by atoms with Gasteiger partial charge in [-0.15, -0.1) is 11.8 Å². The first-order chi connectivity index (χ1) is 10.7. The van der Waals surface area contributed by atoms with Crippen molar-refractivity contribution in [2.75, 3.05) is 12.3 Å². The van der Waals surface area contributed by atoms with Gasteiger partial charge in [0.1, 0.15) is 0 Å². The maximum absolute atomic E-state index is 12.1. The fourth-order valence-corrected chi connectivity index (χ4v) is 2.78. The number of aromatic amines is 1. The van der Waals surface area contributed by atoms with Gasteiger partial charge in [0, 0.05) is 23.4 Å². The molecule has 0 saturated carbocycles. The third-order valence-corrected chi connectivity index (χ3v) is 4.09. The van der Waals surface area contributed by atoms with Crippen molar-refractivity contribution >= 4 is 23.3 Å². The van der Waals surface area contributed by atoms with Crippen LogP contribution in [0.5, 0.6) is 0 Å². The number of benzene rings is 1. The number of rotatable bonds is 5. The third-order valence-electron chi connectivity index (χ3n) is 3.07. The number of carbonyl (C=O) groups is 1. The van der Waals surface area contributed by atoms with Crippen molar-refractivity contribution in [3.63, 3.8) is 0 Å². The Balaban J connectivity index is 1.57. The molecule has 0 aliphatic heterocycles. The van der Waals surface area contributed by atoms with Crippen LogP contribution in [-0.4, -0.2) is 32.8 Å². The lowest BCUT2D eigenvalue weighted by atomic mass is 10.2. The minimum absolute atomic E-state index is 0.205. The van der Waals surface area contributed by atoms with Crippen LogP contribution in [0, 0.1) is 0 Å². The van der Waals surface area contributed by atoms with Gasteiger partial charge in [0.15, 0.2) is 5.65 Å². The Kier molecular flexibility index (Phi) is 4.24. The zero-order valence-electron chi connectivity index (χ0n) is 11.7. The molecule has 0 fully saturated rings. The Bertz CT molecular complexity index is 841. The van der Waals surface area contributed by atoms with E-state index in [-0.39, 0.29) is 11.6 Å². The lowest BCUT2D eigenvalue weighted by Crippen LogP contribution is -2.26. The molecule has 3 aromatic rings. The number of aromatic nitrogens is 3. The van der Waals surface area contributed by atoms with Gasteiger partial charge in [-0.1, -0.05) is 18.2 Å². The highest BCUT2D eigenvalue weighted by atomic mass is 32.2. The molecule has 6 nitrogen and oxygen atoms in total. The monoisotopic (exact) mass is 314 g/mol. The van der Waals surface area contributed by atoms with Crippen molar-refractivity contribution in [3.05, 3.63) is 64.7 Å². The first-order valence-corrected chi connectivity index (χ1v) is 7.75. The predicted octanol–water partition coefficient (Wildman–Crippen LogP) is 1.54. The second-order valence-corrected chi connectivity index (χ2v) is 5.76. The molecular formula is C15H14N4O2S. The minimum Gasteiger partial charge on any atom is -0.351 e. The van der Waals surface area contributed by atoms with Crippen LogP contribution >= 0.6 is 11.8 Å². The van der Waals surface area contributed by atoms with Gasteiger partial charge in [0.05, 0.1) is 5.56 Å². The quantitative estimate of drug-likeness (QED) is 0.553. The standard InChI is InChI=1S/C15H14N4O2S/c20-14(16-8-9-22-12-4-2-1-3-5-12)11-6-7-13-17-18-15(21)19(13)10-11/h1-7,10H,8-9H2,(H,16,20)(H,18,21). The van der Waals surface area contributed by atoms with E-state index in [4.69, 9.17) is 0 Å². The SMILES string of the molecule is O=C(NCCSc1ccccc1)c1ccc2n[nH]c(=O)n2c1. The Morgan fingerprint density at radius 1 is 1.23 bits per heavy atom. The lowest BCUT2D eigenvalue weighted by Gasteiger charge is -2.05. The summed E-state index contributed by atoms with van der Waals surface area (Å²) in [5, 5.41) is 8.99. The number of H-pyrrole nitrogens is 1. The molecule has 2 aromatic heterocycles. The average molecular weight is 314 g/mol. The van der Waals surface area contributed by atoms with Crippen LogP contribution in [-0.2, 0) is 0 Å². The van der Waals surface area contributed by atoms with Crippen LogP contribution in [0.3, 0.4) is 0 Å². The predicted molar refractivity (Wildman–Crippen MR) is 85.3 cm³/mol. The van der Waals surface area contributed by atoms with Gasteiger partial charge in [0.2, 0.25) is 0 Å². The number of hydrogen-bond donors (Lipinski definition) is 2. The summed E-state index contributed by atoms with van der Waals surface area (Å²) in [4.78, 5) is 24.7. The van der Waals surface area contributed by atoms with E-state index in [1.54, 1.807) is 23.9 Å². The topological polar surface area (TPSA) is 79.3 Å². The van der Waals surface area contributed by atoms with Crippen molar-refractivity contribution in [3.8, 4) is 0 Å². The Morgan fingerprint density at radius 3 is 2.86 bits per heavy atom. The molecule has 1 amide bonds. The molecular weight excluding hydrogens is 300 g/mol. The zero-order chi connectivity index (χ0) is 15.4. The summed E-state index contributed by atoms with van der Waals surface area (Å²) in [5.41, 5.74) is 0.561. The van der Waals surface area contributed by atoms with Crippen LogP contribution in [0.15, 0.2) is 58.4 Å². The van der Waals surface area contributed by atoms with Crippen molar-refractivity contribution < 1.29 is 4.79 Å². The normalized spacial score (nSPS) is 10.7. The average Bonchev–Trinajstić information content (AvgIpc) is 2.93. The summed E-state index contributed by atoms with van der Waals surface area (Å²) in [7, 11) is 0. The number of pyridine rings is 1. The molecule has 2 N–H and O–H groups in total. The minimum atomic E-state index is -0.357. The molecule has 112 valence electrons. The van der Waals surface area contributed by atoms with Crippen molar-refractivity contribution in [2.45, 2.75) is 4.90 Å².